The van der Waals surface area contributed by atoms with Gasteiger partial charge in [0.05, 0.1) is 11.0 Å². The van der Waals surface area contributed by atoms with E-state index in [0.717, 1.165) is 12.1 Å². The van der Waals surface area contributed by atoms with Gasteiger partial charge in [0, 0.05) is 29.6 Å². The van der Waals surface area contributed by atoms with E-state index in [1.54, 1.807) is 18.2 Å². The van der Waals surface area contributed by atoms with Gasteiger partial charge in [0.15, 0.2) is 0 Å². The summed E-state index contributed by atoms with van der Waals surface area (Å²) >= 11 is 12.4. The molecule has 10 heteroatoms. The largest absolute Gasteiger partial charge is 0.416 e. The van der Waals surface area contributed by atoms with Gasteiger partial charge in [-0.3, -0.25) is 9.59 Å². The lowest BCUT2D eigenvalue weighted by Crippen LogP contribution is -2.54. The van der Waals surface area contributed by atoms with Crippen LogP contribution in [-0.4, -0.2) is 54.8 Å². The van der Waals surface area contributed by atoms with Gasteiger partial charge in [-0.05, 0) is 62.3 Å². The number of amides is 2. The van der Waals surface area contributed by atoms with E-state index in [4.69, 9.17) is 28.9 Å². The Hall–Kier alpha value is -2.29. The molecule has 0 aliphatic heterocycles. The van der Waals surface area contributed by atoms with Gasteiger partial charge in [0.25, 0.3) is 0 Å². The van der Waals surface area contributed by atoms with Crippen molar-refractivity contribution in [3.63, 3.8) is 0 Å². The first-order valence-electron chi connectivity index (χ1n) is 10.7. The third kappa shape index (κ3) is 5.85. The van der Waals surface area contributed by atoms with Gasteiger partial charge < -0.3 is 15.5 Å². The normalized spacial score (nSPS) is 15.8. The zero-order valence-corrected chi connectivity index (χ0v) is 20.3. The number of rotatable bonds is 9. The van der Waals surface area contributed by atoms with E-state index in [0.29, 0.717) is 40.6 Å². The van der Waals surface area contributed by atoms with E-state index >= 15 is 0 Å². The Bertz CT molecular complexity index is 1050. The third-order valence-corrected chi connectivity index (χ3v) is 6.62. The molecule has 2 aromatic rings. The first-order chi connectivity index (χ1) is 15.8. The maximum Gasteiger partial charge on any atom is 0.416 e. The van der Waals surface area contributed by atoms with E-state index in [-0.39, 0.29) is 18.9 Å². The summed E-state index contributed by atoms with van der Waals surface area (Å²) in [5.74, 6) is -1.01. The third-order valence-electron chi connectivity index (χ3n) is 6.07. The Balaban J connectivity index is 1.93. The fourth-order valence-electron chi connectivity index (χ4n) is 4.00. The molecule has 0 spiro atoms. The van der Waals surface area contributed by atoms with Crippen LogP contribution in [0.15, 0.2) is 42.5 Å². The molecule has 1 atom stereocenters. The van der Waals surface area contributed by atoms with Crippen LogP contribution in [-0.2, 0) is 27.6 Å². The smallest absolute Gasteiger partial charge is 0.368 e. The SMILES string of the molecule is CN(C)CCN(C(=O)C1(c2ccc(Cl)cc2Cl)CC1)[C@@H](Cc1ccc(C(F)(F)F)cc1)C(N)=O. The second-order valence-corrected chi connectivity index (χ2v) is 9.67. The summed E-state index contributed by atoms with van der Waals surface area (Å²) in [6, 6.07) is 8.43. The molecule has 34 heavy (non-hydrogen) atoms. The quantitative estimate of drug-likeness (QED) is 0.533. The molecule has 1 aliphatic carbocycles. The molecule has 2 amide bonds. The lowest BCUT2D eigenvalue weighted by Gasteiger charge is -2.34. The molecule has 184 valence electrons. The highest BCUT2D eigenvalue weighted by atomic mass is 35.5. The predicted molar refractivity (Wildman–Crippen MR) is 126 cm³/mol. The monoisotopic (exact) mass is 515 g/mol. The van der Waals surface area contributed by atoms with Crippen LogP contribution in [0.2, 0.25) is 10.0 Å². The molecule has 3 rings (SSSR count). The van der Waals surface area contributed by atoms with Crippen LogP contribution in [0.3, 0.4) is 0 Å². The number of hydrogen-bond acceptors (Lipinski definition) is 3. The van der Waals surface area contributed by atoms with Crippen molar-refractivity contribution in [3.8, 4) is 0 Å². The Kier molecular flexibility index (Phi) is 7.85. The van der Waals surface area contributed by atoms with Crippen molar-refractivity contribution in [2.45, 2.75) is 36.9 Å². The minimum absolute atomic E-state index is 0.00291. The highest BCUT2D eigenvalue weighted by Gasteiger charge is 2.55. The summed E-state index contributed by atoms with van der Waals surface area (Å²) in [5, 5.41) is 0.808. The van der Waals surface area contributed by atoms with Gasteiger partial charge in [-0.15, -0.1) is 0 Å². The van der Waals surface area contributed by atoms with E-state index in [1.807, 2.05) is 19.0 Å². The van der Waals surface area contributed by atoms with Crippen molar-refractivity contribution in [2.24, 2.45) is 5.73 Å². The maximum atomic E-state index is 13.9. The van der Waals surface area contributed by atoms with Gasteiger partial charge in [0.1, 0.15) is 6.04 Å². The lowest BCUT2D eigenvalue weighted by atomic mass is 9.92. The van der Waals surface area contributed by atoms with E-state index < -0.39 is 29.1 Å². The number of nitrogens with zero attached hydrogens (tertiary/aromatic N) is 2. The molecule has 0 saturated heterocycles. The molecule has 0 bridgehead atoms. The summed E-state index contributed by atoms with van der Waals surface area (Å²) < 4.78 is 38.8. The summed E-state index contributed by atoms with van der Waals surface area (Å²) in [4.78, 5) is 29.7. The molecule has 0 aromatic heterocycles. The number of benzene rings is 2. The second-order valence-electron chi connectivity index (χ2n) is 8.83. The van der Waals surface area contributed by atoms with Crippen molar-refractivity contribution >= 4 is 35.0 Å². The Morgan fingerprint density at radius 1 is 1.06 bits per heavy atom. The minimum Gasteiger partial charge on any atom is -0.368 e. The van der Waals surface area contributed by atoms with Crippen molar-refractivity contribution in [1.82, 2.24) is 9.80 Å². The van der Waals surface area contributed by atoms with Crippen LogP contribution in [0, 0.1) is 0 Å². The summed E-state index contributed by atoms with van der Waals surface area (Å²) in [6.07, 6.45) is -3.36. The summed E-state index contributed by atoms with van der Waals surface area (Å²) in [5.41, 5.74) is 5.14. The molecule has 0 unspecified atom stereocenters. The van der Waals surface area contributed by atoms with Gasteiger partial charge in [-0.25, -0.2) is 0 Å². The van der Waals surface area contributed by atoms with Gasteiger partial charge >= 0.3 is 6.18 Å². The van der Waals surface area contributed by atoms with Crippen molar-refractivity contribution in [1.29, 1.82) is 0 Å². The Morgan fingerprint density at radius 3 is 2.15 bits per heavy atom. The van der Waals surface area contributed by atoms with E-state index in [2.05, 4.69) is 0 Å². The van der Waals surface area contributed by atoms with Crippen LogP contribution >= 0.6 is 23.2 Å². The first-order valence-corrected chi connectivity index (χ1v) is 11.5. The maximum absolute atomic E-state index is 13.9. The molecule has 5 nitrogen and oxygen atoms in total. The van der Waals surface area contributed by atoms with E-state index in [9.17, 15) is 22.8 Å². The van der Waals surface area contributed by atoms with Crippen LogP contribution in [0.1, 0.15) is 29.5 Å². The van der Waals surface area contributed by atoms with Crippen LogP contribution in [0.25, 0.3) is 0 Å². The fourth-order valence-corrected chi connectivity index (χ4v) is 4.59. The highest BCUT2D eigenvalue weighted by Crippen LogP contribution is 2.52. The van der Waals surface area contributed by atoms with Crippen LogP contribution in [0.4, 0.5) is 13.2 Å². The van der Waals surface area contributed by atoms with Crippen molar-refractivity contribution < 1.29 is 22.8 Å². The van der Waals surface area contributed by atoms with Gasteiger partial charge in [-0.1, -0.05) is 41.4 Å². The summed E-state index contributed by atoms with van der Waals surface area (Å²) in [7, 11) is 3.67. The number of hydrogen-bond donors (Lipinski definition) is 1. The first kappa shape index (κ1) is 26.3. The number of primary amides is 1. The van der Waals surface area contributed by atoms with Crippen molar-refractivity contribution in [2.75, 3.05) is 27.2 Å². The van der Waals surface area contributed by atoms with Crippen molar-refractivity contribution in [3.05, 3.63) is 69.2 Å². The topological polar surface area (TPSA) is 66.6 Å². The number of carbonyl (C=O) groups is 2. The molecule has 2 aromatic carbocycles. The van der Waals surface area contributed by atoms with Gasteiger partial charge in [0.2, 0.25) is 11.8 Å². The van der Waals surface area contributed by atoms with E-state index in [1.165, 1.54) is 17.0 Å². The average molecular weight is 516 g/mol. The highest BCUT2D eigenvalue weighted by molar-refractivity contribution is 6.35. The molecular formula is C24H26Cl2F3N3O2. The average Bonchev–Trinajstić information content (AvgIpc) is 3.54. The molecule has 1 fully saturated rings. The number of nitrogens with two attached hydrogens (primary N) is 1. The molecular weight excluding hydrogens is 490 g/mol. The molecule has 1 saturated carbocycles. The lowest BCUT2D eigenvalue weighted by molar-refractivity contribution is -0.141. The molecule has 1 aliphatic rings. The summed E-state index contributed by atoms with van der Waals surface area (Å²) in [6.45, 7) is 0.681. The molecule has 0 radical (unpaired) electrons. The zero-order chi connectivity index (χ0) is 25.3. The predicted octanol–water partition coefficient (Wildman–Crippen LogP) is 4.53. The number of halogens is 5. The minimum atomic E-state index is -4.47. The Morgan fingerprint density at radius 2 is 1.68 bits per heavy atom. The van der Waals surface area contributed by atoms with Gasteiger partial charge in [-0.2, -0.15) is 13.2 Å². The van der Waals surface area contributed by atoms with Crippen LogP contribution in [0.5, 0.6) is 0 Å². The zero-order valence-electron chi connectivity index (χ0n) is 18.8. The van der Waals surface area contributed by atoms with Crippen LogP contribution < -0.4 is 5.73 Å². The number of alkyl halides is 3. The molecule has 2 N–H and O–H groups in total. The number of likely N-dealkylation sites (N-methyl/N-ethyl adjacent to an activating group) is 1. The standard InChI is InChI=1S/C24H26Cl2F3N3O2/c1-31(2)11-12-32(22(34)23(9-10-23)18-8-7-17(25)14-19(18)26)20(21(30)33)13-15-3-5-16(6-4-15)24(27,28)29/h3-8,14,20H,9-13H2,1-2H3,(H2,30,33)/t20-/m0/s1. The number of carbonyl (C=O) groups excluding carboxylic acids is 2. The fraction of sp³-hybridized carbons (Fsp3) is 0.417. The second kappa shape index (κ2) is 10.1. The Labute approximate surface area is 206 Å². The molecule has 0 heterocycles.